The first-order valence-corrected chi connectivity index (χ1v) is 6.28. The summed E-state index contributed by atoms with van der Waals surface area (Å²) in [6.45, 7) is 3.76. The molecule has 0 aliphatic carbocycles. The van der Waals surface area contributed by atoms with Gasteiger partial charge >= 0.3 is 5.97 Å². The van der Waals surface area contributed by atoms with E-state index >= 15 is 0 Å². The highest BCUT2D eigenvalue weighted by molar-refractivity contribution is 5.96. The molecule has 0 aliphatic heterocycles. The first-order chi connectivity index (χ1) is 9.34. The molecule has 0 amide bonds. The van der Waals surface area contributed by atoms with Crippen LogP contribution in [0.5, 0.6) is 0 Å². The van der Waals surface area contributed by atoms with E-state index in [0.29, 0.717) is 11.8 Å². The number of benzene rings is 1. The molecule has 0 spiro atoms. The van der Waals surface area contributed by atoms with Crippen LogP contribution in [0.3, 0.4) is 0 Å². The topological polar surface area (TPSA) is 85.4 Å². The monoisotopic (exact) mass is 276 g/mol. The number of aromatic nitrogens is 1. The molecule has 1 aromatic carbocycles. The second-order valence-electron chi connectivity index (χ2n) is 4.90. The lowest BCUT2D eigenvalue weighted by Gasteiger charge is -2.02. The van der Waals surface area contributed by atoms with E-state index in [1.807, 2.05) is 25.5 Å². The number of nitro groups is 1. The molecule has 0 saturated carbocycles. The maximum Gasteiger partial charge on any atom is 0.303 e. The van der Waals surface area contributed by atoms with Crippen LogP contribution in [0.4, 0.5) is 5.69 Å². The number of hydrogen-bond donors (Lipinski definition) is 1. The standard InChI is InChI=1S/C14H16N2O4/c1-8-4-6-11(16(19)20)13-10(5-7-12(17)18)9(2)15(3)14(8)13/h4,6H,5,7H2,1-3H3,(H,17,18). The van der Waals surface area contributed by atoms with Crippen LogP contribution in [0, 0.1) is 24.0 Å². The van der Waals surface area contributed by atoms with Gasteiger partial charge in [-0.25, -0.2) is 0 Å². The average molecular weight is 276 g/mol. The summed E-state index contributed by atoms with van der Waals surface area (Å²) in [5, 5.41) is 20.6. The van der Waals surface area contributed by atoms with Gasteiger partial charge in [0.15, 0.2) is 0 Å². The normalized spacial score (nSPS) is 10.9. The number of nitro benzene ring substituents is 1. The Balaban J connectivity index is 2.78. The van der Waals surface area contributed by atoms with Gasteiger partial charge in [0.25, 0.3) is 5.69 Å². The molecule has 0 saturated heterocycles. The Morgan fingerprint density at radius 2 is 2.05 bits per heavy atom. The molecular weight excluding hydrogens is 260 g/mol. The lowest BCUT2D eigenvalue weighted by Crippen LogP contribution is -1.99. The average Bonchev–Trinajstić information content (AvgIpc) is 2.61. The molecular formula is C14H16N2O4. The van der Waals surface area contributed by atoms with Crippen molar-refractivity contribution in [3.63, 3.8) is 0 Å². The molecule has 0 aliphatic rings. The smallest absolute Gasteiger partial charge is 0.303 e. The molecule has 1 N–H and O–H groups in total. The third-order valence-corrected chi connectivity index (χ3v) is 3.72. The molecule has 2 rings (SSSR count). The number of fused-ring (bicyclic) bond motifs is 1. The number of nitrogens with zero attached hydrogens (tertiary/aromatic N) is 2. The summed E-state index contributed by atoms with van der Waals surface area (Å²) in [6.07, 6.45) is 0.258. The minimum absolute atomic E-state index is 0.0367. The van der Waals surface area contributed by atoms with Crippen molar-refractivity contribution in [3.05, 3.63) is 39.1 Å². The van der Waals surface area contributed by atoms with Gasteiger partial charge in [-0.1, -0.05) is 6.07 Å². The number of carboxylic acid groups (broad SMARTS) is 1. The van der Waals surface area contributed by atoms with Gasteiger partial charge in [0.05, 0.1) is 15.8 Å². The van der Waals surface area contributed by atoms with Crippen molar-refractivity contribution < 1.29 is 14.8 Å². The van der Waals surface area contributed by atoms with Crippen LogP contribution >= 0.6 is 0 Å². The first kappa shape index (κ1) is 14.0. The Morgan fingerprint density at radius 1 is 1.40 bits per heavy atom. The molecule has 20 heavy (non-hydrogen) atoms. The number of carbonyl (C=O) groups is 1. The molecule has 0 atom stereocenters. The molecule has 1 aromatic heterocycles. The van der Waals surface area contributed by atoms with Crippen LogP contribution in [0.25, 0.3) is 10.9 Å². The summed E-state index contributed by atoms with van der Waals surface area (Å²) in [5.41, 5.74) is 3.41. The Kier molecular flexibility index (Phi) is 3.48. The molecule has 106 valence electrons. The Bertz CT molecular complexity index is 716. The van der Waals surface area contributed by atoms with Crippen LogP contribution in [0.15, 0.2) is 12.1 Å². The predicted octanol–water partition coefficient (Wildman–Crippen LogP) is 2.72. The molecule has 0 radical (unpaired) electrons. The van der Waals surface area contributed by atoms with Crippen molar-refractivity contribution in [1.29, 1.82) is 0 Å². The van der Waals surface area contributed by atoms with E-state index in [0.717, 1.165) is 22.3 Å². The predicted molar refractivity (Wildman–Crippen MR) is 75.0 cm³/mol. The largest absolute Gasteiger partial charge is 0.481 e. The van der Waals surface area contributed by atoms with Gasteiger partial charge in [-0.2, -0.15) is 0 Å². The SMILES string of the molecule is Cc1ccc([N+](=O)[O-])c2c(CCC(=O)O)c(C)n(C)c12. The van der Waals surface area contributed by atoms with E-state index in [-0.39, 0.29) is 12.1 Å². The van der Waals surface area contributed by atoms with E-state index in [9.17, 15) is 14.9 Å². The van der Waals surface area contributed by atoms with Crippen molar-refractivity contribution >= 4 is 22.6 Å². The highest BCUT2D eigenvalue weighted by Crippen LogP contribution is 2.35. The molecule has 2 aromatic rings. The number of rotatable bonds is 4. The van der Waals surface area contributed by atoms with Crippen molar-refractivity contribution in [2.24, 2.45) is 7.05 Å². The Labute approximate surface area is 115 Å². The van der Waals surface area contributed by atoms with E-state index < -0.39 is 10.9 Å². The number of non-ortho nitro benzene ring substituents is 1. The fraction of sp³-hybridized carbons (Fsp3) is 0.357. The van der Waals surface area contributed by atoms with Crippen molar-refractivity contribution in [1.82, 2.24) is 4.57 Å². The summed E-state index contributed by atoms with van der Waals surface area (Å²) >= 11 is 0. The van der Waals surface area contributed by atoms with Gasteiger partial charge in [-0.05, 0) is 31.4 Å². The van der Waals surface area contributed by atoms with Gasteiger partial charge < -0.3 is 9.67 Å². The third-order valence-electron chi connectivity index (χ3n) is 3.72. The van der Waals surface area contributed by atoms with Crippen LogP contribution in [0.1, 0.15) is 23.2 Å². The zero-order valence-electron chi connectivity index (χ0n) is 11.6. The van der Waals surface area contributed by atoms with Gasteiger partial charge in [0.2, 0.25) is 0 Å². The van der Waals surface area contributed by atoms with Gasteiger partial charge in [-0.3, -0.25) is 14.9 Å². The lowest BCUT2D eigenvalue weighted by atomic mass is 10.0. The molecule has 0 unspecified atom stereocenters. The first-order valence-electron chi connectivity index (χ1n) is 6.28. The van der Waals surface area contributed by atoms with E-state index in [4.69, 9.17) is 5.11 Å². The van der Waals surface area contributed by atoms with E-state index in [1.165, 1.54) is 6.07 Å². The van der Waals surface area contributed by atoms with Gasteiger partial charge in [-0.15, -0.1) is 0 Å². The summed E-state index contributed by atoms with van der Waals surface area (Å²) < 4.78 is 1.90. The van der Waals surface area contributed by atoms with Crippen LogP contribution in [0.2, 0.25) is 0 Å². The Hall–Kier alpha value is -2.37. The summed E-state index contributed by atoms with van der Waals surface area (Å²) in [5.74, 6) is -0.906. The number of hydrogen-bond acceptors (Lipinski definition) is 3. The minimum Gasteiger partial charge on any atom is -0.481 e. The van der Waals surface area contributed by atoms with Crippen molar-refractivity contribution in [2.45, 2.75) is 26.7 Å². The minimum atomic E-state index is -0.906. The molecule has 6 heteroatoms. The fourth-order valence-corrected chi connectivity index (χ4v) is 2.66. The summed E-state index contributed by atoms with van der Waals surface area (Å²) in [7, 11) is 1.85. The Morgan fingerprint density at radius 3 is 2.60 bits per heavy atom. The van der Waals surface area contributed by atoms with Crippen LogP contribution in [-0.4, -0.2) is 20.6 Å². The lowest BCUT2D eigenvalue weighted by molar-refractivity contribution is -0.383. The quantitative estimate of drug-likeness (QED) is 0.687. The van der Waals surface area contributed by atoms with Crippen LogP contribution in [-0.2, 0) is 18.3 Å². The van der Waals surface area contributed by atoms with Gasteiger partial charge in [0, 0.05) is 25.2 Å². The highest BCUT2D eigenvalue weighted by atomic mass is 16.6. The zero-order valence-corrected chi connectivity index (χ0v) is 11.6. The number of carboxylic acids is 1. The zero-order chi connectivity index (χ0) is 15.0. The van der Waals surface area contributed by atoms with E-state index in [2.05, 4.69) is 0 Å². The second-order valence-corrected chi connectivity index (χ2v) is 4.90. The van der Waals surface area contributed by atoms with Crippen molar-refractivity contribution in [3.8, 4) is 0 Å². The third kappa shape index (κ3) is 2.13. The maximum absolute atomic E-state index is 11.2. The maximum atomic E-state index is 11.2. The summed E-state index contributed by atoms with van der Waals surface area (Å²) in [4.78, 5) is 21.6. The number of aryl methyl sites for hydroxylation is 3. The molecule has 0 fully saturated rings. The number of aliphatic carboxylic acids is 1. The molecule has 6 nitrogen and oxygen atoms in total. The highest BCUT2D eigenvalue weighted by Gasteiger charge is 2.22. The van der Waals surface area contributed by atoms with Crippen LogP contribution < -0.4 is 0 Å². The van der Waals surface area contributed by atoms with Crippen molar-refractivity contribution in [2.75, 3.05) is 0 Å². The second kappa shape index (κ2) is 4.96. The molecule has 0 bridgehead atoms. The fourth-order valence-electron chi connectivity index (χ4n) is 2.66. The summed E-state index contributed by atoms with van der Waals surface area (Å²) in [6, 6.07) is 3.21. The van der Waals surface area contributed by atoms with E-state index in [1.54, 1.807) is 6.07 Å². The van der Waals surface area contributed by atoms with Gasteiger partial charge in [0.1, 0.15) is 0 Å². The molecule has 1 heterocycles.